The Morgan fingerprint density at radius 1 is 1.12 bits per heavy atom. The SMILES string of the molecule is CC(C)COCCCCC(=O)N(C)CC(C)C. The van der Waals surface area contributed by atoms with Gasteiger partial charge < -0.3 is 9.64 Å². The van der Waals surface area contributed by atoms with E-state index in [0.717, 1.165) is 32.6 Å². The van der Waals surface area contributed by atoms with Gasteiger partial charge in [0.2, 0.25) is 5.91 Å². The zero-order chi connectivity index (χ0) is 13.3. The summed E-state index contributed by atoms with van der Waals surface area (Å²) in [4.78, 5) is 13.5. The van der Waals surface area contributed by atoms with Crippen molar-refractivity contribution in [2.24, 2.45) is 11.8 Å². The van der Waals surface area contributed by atoms with Gasteiger partial charge in [-0.05, 0) is 24.7 Å². The van der Waals surface area contributed by atoms with E-state index in [1.165, 1.54) is 0 Å². The van der Waals surface area contributed by atoms with Gasteiger partial charge in [0.05, 0.1) is 0 Å². The van der Waals surface area contributed by atoms with Crippen LogP contribution in [-0.4, -0.2) is 37.6 Å². The van der Waals surface area contributed by atoms with Gasteiger partial charge in [0, 0.05) is 33.2 Å². The minimum Gasteiger partial charge on any atom is -0.381 e. The quantitative estimate of drug-likeness (QED) is 0.583. The molecule has 17 heavy (non-hydrogen) atoms. The van der Waals surface area contributed by atoms with Crippen LogP contribution in [0.5, 0.6) is 0 Å². The molecule has 0 aliphatic heterocycles. The summed E-state index contributed by atoms with van der Waals surface area (Å²) < 4.78 is 5.48. The van der Waals surface area contributed by atoms with Gasteiger partial charge in [-0.2, -0.15) is 0 Å². The Kier molecular flexibility index (Phi) is 9.14. The van der Waals surface area contributed by atoms with Gasteiger partial charge in [-0.1, -0.05) is 27.7 Å². The zero-order valence-electron chi connectivity index (χ0n) is 12.2. The number of hydrogen-bond acceptors (Lipinski definition) is 2. The first-order chi connectivity index (χ1) is 7.93. The van der Waals surface area contributed by atoms with Gasteiger partial charge in [-0.3, -0.25) is 4.79 Å². The highest BCUT2D eigenvalue weighted by atomic mass is 16.5. The predicted molar refractivity (Wildman–Crippen MR) is 72.0 cm³/mol. The molecule has 0 atom stereocenters. The van der Waals surface area contributed by atoms with E-state index in [2.05, 4.69) is 27.7 Å². The summed E-state index contributed by atoms with van der Waals surface area (Å²) in [5, 5.41) is 0. The maximum atomic E-state index is 11.7. The summed E-state index contributed by atoms with van der Waals surface area (Å²) in [5.74, 6) is 1.38. The first-order valence-electron chi connectivity index (χ1n) is 6.75. The van der Waals surface area contributed by atoms with Crippen molar-refractivity contribution in [3.05, 3.63) is 0 Å². The second-order valence-corrected chi connectivity index (χ2v) is 5.59. The van der Waals surface area contributed by atoms with Gasteiger partial charge in [-0.15, -0.1) is 0 Å². The molecule has 0 fully saturated rings. The lowest BCUT2D eigenvalue weighted by atomic mass is 10.2. The van der Waals surface area contributed by atoms with Crippen LogP contribution in [0.2, 0.25) is 0 Å². The van der Waals surface area contributed by atoms with E-state index in [4.69, 9.17) is 4.74 Å². The van der Waals surface area contributed by atoms with Crippen LogP contribution in [-0.2, 0) is 9.53 Å². The van der Waals surface area contributed by atoms with E-state index in [-0.39, 0.29) is 5.91 Å². The molecular formula is C14H29NO2. The molecule has 0 radical (unpaired) electrons. The molecule has 0 aromatic carbocycles. The van der Waals surface area contributed by atoms with Crippen LogP contribution < -0.4 is 0 Å². The molecule has 0 saturated heterocycles. The highest BCUT2D eigenvalue weighted by Crippen LogP contribution is 2.03. The Hall–Kier alpha value is -0.570. The summed E-state index contributed by atoms with van der Waals surface area (Å²) in [7, 11) is 1.89. The number of rotatable bonds is 9. The zero-order valence-corrected chi connectivity index (χ0v) is 12.2. The fourth-order valence-corrected chi connectivity index (χ4v) is 1.64. The van der Waals surface area contributed by atoms with E-state index in [0.29, 0.717) is 18.3 Å². The molecule has 1 amide bonds. The molecule has 0 heterocycles. The molecule has 0 unspecified atom stereocenters. The van der Waals surface area contributed by atoms with Crippen molar-refractivity contribution in [1.82, 2.24) is 4.90 Å². The molecule has 3 heteroatoms. The Bertz CT molecular complexity index is 202. The number of ether oxygens (including phenoxy) is 1. The third-order valence-electron chi connectivity index (χ3n) is 2.45. The Morgan fingerprint density at radius 3 is 2.29 bits per heavy atom. The monoisotopic (exact) mass is 243 g/mol. The van der Waals surface area contributed by atoms with Crippen LogP contribution in [0.3, 0.4) is 0 Å². The molecule has 0 aromatic heterocycles. The van der Waals surface area contributed by atoms with E-state index < -0.39 is 0 Å². The molecule has 0 N–H and O–H groups in total. The van der Waals surface area contributed by atoms with Crippen LogP contribution in [0.15, 0.2) is 0 Å². The van der Waals surface area contributed by atoms with E-state index in [1.807, 2.05) is 11.9 Å². The van der Waals surface area contributed by atoms with E-state index in [9.17, 15) is 4.79 Å². The Labute approximate surface area is 107 Å². The van der Waals surface area contributed by atoms with Crippen LogP contribution in [0.1, 0.15) is 47.0 Å². The van der Waals surface area contributed by atoms with Crippen molar-refractivity contribution in [3.8, 4) is 0 Å². The number of amides is 1. The van der Waals surface area contributed by atoms with Crippen LogP contribution >= 0.6 is 0 Å². The van der Waals surface area contributed by atoms with E-state index in [1.54, 1.807) is 0 Å². The summed E-state index contributed by atoms with van der Waals surface area (Å²) in [6, 6.07) is 0. The average Bonchev–Trinajstić information content (AvgIpc) is 2.21. The minimum atomic E-state index is 0.252. The number of carbonyl (C=O) groups excluding carboxylic acids is 1. The number of hydrogen-bond donors (Lipinski definition) is 0. The van der Waals surface area contributed by atoms with Crippen molar-refractivity contribution in [3.63, 3.8) is 0 Å². The number of unbranched alkanes of at least 4 members (excludes halogenated alkanes) is 1. The lowest BCUT2D eigenvalue weighted by Gasteiger charge is -2.19. The molecule has 0 aliphatic carbocycles. The second kappa shape index (κ2) is 9.46. The normalized spacial score (nSPS) is 11.2. The third-order valence-corrected chi connectivity index (χ3v) is 2.45. The molecule has 3 nitrogen and oxygen atoms in total. The molecule has 0 aromatic rings. The van der Waals surface area contributed by atoms with Crippen molar-refractivity contribution < 1.29 is 9.53 Å². The lowest BCUT2D eigenvalue weighted by Crippen LogP contribution is -2.30. The van der Waals surface area contributed by atoms with Gasteiger partial charge in [0.25, 0.3) is 0 Å². The summed E-state index contributed by atoms with van der Waals surface area (Å²) in [5.41, 5.74) is 0. The second-order valence-electron chi connectivity index (χ2n) is 5.59. The fraction of sp³-hybridized carbons (Fsp3) is 0.929. The molecule has 102 valence electrons. The minimum absolute atomic E-state index is 0.252. The van der Waals surface area contributed by atoms with Gasteiger partial charge in [0.1, 0.15) is 0 Å². The van der Waals surface area contributed by atoms with Crippen molar-refractivity contribution in [1.29, 1.82) is 0 Å². The van der Waals surface area contributed by atoms with Crippen LogP contribution in [0.25, 0.3) is 0 Å². The van der Waals surface area contributed by atoms with Crippen LogP contribution in [0.4, 0.5) is 0 Å². The summed E-state index contributed by atoms with van der Waals surface area (Å²) in [6.45, 7) is 11.0. The molecule has 0 aliphatic rings. The average molecular weight is 243 g/mol. The van der Waals surface area contributed by atoms with Gasteiger partial charge in [0.15, 0.2) is 0 Å². The smallest absolute Gasteiger partial charge is 0.222 e. The maximum absolute atomic E-state index is 11.7. The highest BCUT2D eigenvalue weighted by molar-refractivity contribution is 5.75. The molecule has 0 rings (SSSR count). The first-order valence-corrected chi connectivity index (χ1v) is 6.75. The van der Waals surface area contributed by atoms with Crippen molar-refractivity contribution >= 4 is 5.91 Å². The van der Waals surface area contributed by atoms with E-state index >= 15 is 0 Å². The van der Waals surface area contributed by atoms with Crippen molar-refractivity contribution in [2.45, 2.75) is 47.0 Å². The summed E-state index contributed by atoms with van der Waals surface area (Å²) >= 11 is 0. The third kappa shape index (κ3) is 10.3. The fourth-order valence-electron chi connectivity index (χ4n) is 1.64. The maximum Gasteiger partial charge on any atom is 0.222 e. The van der Waals surface area contributed by atoms with Gasteiger partial charge in [-0.25, -0.2) is 0 Å². The predicted octanol–water partition coefficient (Wildman–Crippen LogP) is 2.94. The molecule has 0 bridgehead atoms. The molecular weight excluding hydrogens is 214 g/mol. The topological polar surface area (TPSA) is 29.5 Å². The van der Waals surface area contributed by atoms with Gasteiger partial charge >= 0.3 is 0 Å². The Morgan fingerprint density at radius 2 is 1.76 bits per heavy atom. The first kappa shape index (κ1) is 16.4. The largest absolute Gasteiger partial charge is 0.381 e. The standard InChI is InChI=1S/C14H29NO2/c1-12(2)10-15(5)14(16)8-6-7-9-17-11-13(3)4/h12-13H,6-11H2,1-5H3. The summed E-state index contributed by atoms with van der Waals surface area (Å²) in [6.07, 6.45) is 2.56. The molecule has 0 saturated carbocycles. The highest BCUT2D eigenvalue weighted by Gasteiger charge is 2.09. The Balaban J connectivity index is 3.45. The van der Waals surface area contributed by atoms with Crippen molar-refractivity contribution in [2.75, 3.05) is 26.8 Å². The molecule has 0 spiro atoms. The number of carbonyl (C=O) groups is 1. The lowest BCUT2D eigenvalue weighted by molar-refractivity contribution is -0.130. The number of nitrogens with zero attached hydrogens (tertiary/aromatic N) is 1. The van der Waals surface area contributed by atoms with Crippen LogP contribution in [0, 0.1) is 11.8 Å².